The molecule has 43 heavy (non-hydrogen) atoms. The van der Waals surface area contributed by atoms with Crippen molar-refractivity contribution in [2.24, 2.45) is 0 Å². The van der Waals surface area contributed by atoms with Crippen LogP contribution in [0, 0.1) is 0 Å². The molecule has 7 nitrogen and oxygen atoms in total. The van der Waals surface area contributed by atoms with Gasteiger partial charge in [-0.1, -0.05) is 102 Å². The number of carbonyl (C=O) groups is 2. The Morgan fingerprint density at radius 1 is 0.884 bits per heavy atom. The molecule has 1 saturated carbocycles. The van der Waals surface area contributed by atoms with Crippen molar-refractivity contribution in [2.75, 3.05) is 17.1 Å². The van der Waals surface area contributed by atoms with Crippen molar-refractivity contribution in [1.82, 2.24) is 10.2 Å². The van der Waals surface area contributed by atoms with Crippen LogP contribution in [0.5, 0.6) is 0 Å². The average molecular weight is 686 g/mol. The van der Waals surface area contributed by atoms with E-state index in [1.54, 1.807) is 18.2 Å². The summed E-state index contributed by atoms with van der Waals surface area (Å²) in [5, 5.41) is 4.24. The predicted octanol–water partition coefficient (Wildman–Crippen LogP) is 7.16. The van der Waals surface area contributed by atoms with E-state index in [1.807, 2.05) is 30.3 Å². The number of nitrogens with zero attached hydrogens (tertiary/aromatic N) is 2. The van der Waals surface area contributed by atoms with Gasteiger partial charge in [0.1, 0.15) is 12.6 Å². The molecule has 0 aromatic heterocycles. The first kappa shape index (κ1) is 33.4. The summed E-state index contributed by atoms with van der Waals surface area (Å²) in [6.07, 6.45) is 6.04. The number of hydrogen-bond acceptors (Lipinski definition) is 4. The first-order valence-corrected chi connectivity index (χ1v) is 17.3. The molecule has 1 fully saturated rings. The standard InChI is InChI=1S/C31H33Cl4N3O4S/c1-43(41,42)38(28-18-24(33)14-15-26(28)34)20-30(39)37(19-22-12-13-23(32)17-27(22)35)29(16-21-8-4-2-5-9-21)31(40)36-25-10-6-3-7-11-25/h2,4-5,8-9,12-15,17-18,25,29H,3,6-7,10-11,16,19-20H2,1H3,(H,36,40)/t29-/m0/s1. The van der Waals surface area contributed by atoms with Crippen molar-refractivity contribution >= 4 is 73.9 Å². The second kappa shape index (κ2) is 15.0. The molecule has 3 aromatic carbocycles. The molecule has 1 N–H and O–H groups in total. The van der Waals surface area contributed by atoms with Crippen LogP contribution in [0.25, 0.3) is 0 Å². The van der Waals surface area contributed by atoms with E-state index in [4.69, 9.17) is 46.4 Å². The largest absolute Gasteiger partial charge is 0.352 e. The summed E-state index contributed by atoms with van der Waals surface area (Å²) in [6, 6.07) is 17.6. The lowest BCUT2D eigenvalue weighted by Gasteiger charge is -2.35. The lowest BCUT2D eigenvalue weighted by atomic mass is 9.94. The Bertz CT molecular complexity index is 1550. The number of halogens is 4. The molecular formula is C31H33Cl4N3O4S. The van der Waals surface area contributed by atoms with Gasteiger partial charge in [0.05, 0.1) is 17.0 Å². The summed E-state index contributed by atoms with van der Waals surface area (Å²) < 4.78 is 26.9. The van der Waals surface area contributed by atoms with Gasteiger partial charge < -0.3 is 10.2 Å². The number of rotatable bonds is 11. The highest BCUT2D eigenvalue weighted by Crippen LogP contribution is 2.31. The number of hydrogen-bond donors (Lipinski definition) is 1. The third-order valence-corrected chi connectivity index (χ3v) is 9.70. The highest BCUT2D eigenvalue weighted by Gasteiger charge is 2.35. The highest BCUT2D eigenvalue weighted by molar-refractivity contribution is 7.92. The van der Waals surface area contributed by atoms with E-state index < -0.39 is 28.5 Å². The van der Waals surface area contributed by atoms with Crippen LogP contribution in [-0.2, 0) is 32.6 Å². The van der Waals surface area contributed by atoms with E-state index in [2.05, 4.69) is 5.32 Å². The van der Waals surface area contributed by atoms with E-state index in [1.165, 1.54) is 23.1 Å². The molecule has 0 bridgehead atoms. The average Bonchev–Trinajstić information content (AvgIpc) is 2.96. The SMILES string of the molecule is CS(=O)(=O)N(CC(=O)N(Cc1ccc(Cl)cc1Cl)[C@@H](Cc1ccccc1)C(=O)NC1CCCCC1)c1cc(Cl)ccc1Cl. The van der Waals surface area contributed by atoms with E-state index in [-0.39, 0.29) is 40.6 Å². The minimum atomic E-state index is -4.00. The van der Waals surface area contributed by atoms with Gasteiger partial charge in [-0.05, 0) is 54.3 Å². The molecule has 3 aromatic rings. The summed E-state index contributed by atoms with van der Waals surface area (Å²) >= 11 is 25.2. The minimum absolute atomic E-state index is 0.00613. The Morgan fingerprint density at radius 3 is 2.19 bits per heavy atom. The summed E-state index contributed by atoms with van der Waals surface area (Å²) in [4.78, 5) is 29.7. The molecule has 0 radical (unpaired) electrons. The van der Waals surface area contributed by atoms with Crippen molar-refractivity contribution in [1.29, 1.82) is 0 Å². The number of benzene rings is 3. The number of carbonyl (C=O) groups excluding carboxylic acids is 2. The molecule has 2 amide bonds. The summed E-state index contributed by atoms with van der Waals surface area (Å²) in [6.45, 7) is -0.683. The molecule has 1 atom stereocenters. The topological polar surface area (TPSA) is 86.8 Å². The molecule has 0 saturated heterocycles. The van der Waals surface area contributed by atoms with Gasteiger partial charge in [-0.3, -0.25) is 13.9 Å². The van der Waals surface area contributed by atoms with Crippen molar-refractivity contribution in [3.63, 3.8) is 0 Å². The molecule has 230 valence electrons. The van der Waals surface area contributed by atoms with Crippen LogP contribution in [0.4, 0.5) is 5.69 Å². The fourth-order valence-corrected chi connectivity index (χ4v) is 6.96. The number of anilines is 1. The number of nitrogens with one attached hydrogen (secondary N) is 1. The van der Waals surface area contributed by atoms with Gasteiger partial charge in [-0.15, -0.1) is 0 Å². The third kappa shape index (κ3) is 9.25. The lowest BCUT2D eigenvalue weighted by Crippen LogP contribution is -2.55. The second-order valence-electron chi connectivity index (χ2n) is 10.7. The number of amides is 2. The summed E-state index contributed by atoms with van der Waals surface area (Å²) in [5.74, 6) is -0.937. The molecule has 0 unspecified atom stereocenters. The molecule has 0 spiro atoms. The quantitative estimate of drug-likeness (QED) is 0.232. The molecule has 0 aliphatic heterocycles. The zero-order valence-corrected chi connectivity index (χ0v) is 27.5. The van der Waals surface area contributed by atoms with Gasteiger partial charge in [0.25, 0.3) is 0 Å². The van der Waals surface area contributed by atoms with Gasteiger partial charge in [0, 0.05) is 34.1 Å². The van der Waals surface area contributed by atoms with Crippen molar-refractivity contribution < 1.29 is 18.0 Å². The Hall–Kier alpha value is -2.49. The Labute approximate surface area is 273 Å². The smallest absolute Gasteiger partial charge is 0.244 e. The monoisotopic (exact) mass is 683 g/mol. The Balaban J connectivity index is 1.76. The molecule has 1 aliphatic carbocycles. The van der Waals surface area contributed by atoms with Gasteiger partial charge in [0.15, 0.2) is 0 Å². The van der Waals surface area contributed by atoms with Crippen LogP contribution >= 0.6 is 46.4 Å². The fourth-order valence-electron chi connectivity index (χ4n) is 5.20. The fraction of sp³-hybridized carbons (Fsp3) is 0.355. The van der Waals surface area contributed by atoms with E-state index in [0.717, 1.165) is 48.2 Å². The summed E-state index contributed by atoms with van der Waals surface area (Å²) in [7, 11) is -4.00. The van der Waals surface area contributed by atoms with Crippen molar-refractivity contribution in [3.8, 4) is 0 Å². The van der Waals surface area contributed by atoms with E-state index in [9.17, 15) is 18.0 Å². The lowest BCUT2D eigenvalue weighted by molar-refractivity contribution is -0.140. The van der Waals surface area contributed by atoms with E-state index >= 15 is 0 Å². The normalized spacial score (nSPS) is 14.6. The predicted molar refractivity (Wildman–Crippen MR) is 175 cm³/mol. The van der Waals surface area contributed by atoms with Gasteiger partial charge in [-0.25, -0.2) is 8.42 Å². The van der Waals surface area contributed by atoms with Gasteiger partial charge in [-0.2, -0.15) is 0 Å². The zero-order chi connectivity index (χ0) is 31.1. The molecular weight excluding hydrogens is 652 g/mol. The van der Waals surface area contributed by atoms with Crippen molar-refractivity contribution in [3.05, 3.63) is 97.9 Å². The van der Waals surface area contributed by atoms with E-state index in [0.29, 0.717) is 15.6 Å². The molecule has 12 heteroatoms. The first-order valence-electron chi connectivity index (χ1n) is 13.9. The summed E-state index contributed by atoms with van der Waals surface area (Å²) in [5.41, 5.74) is 1.44. The maximum absolute atomic E-state index is 14.3. The maximum Gasteiger partial charge on any atom is 0.244 e. The maximum atomic E-state index is 14.3. The van der Waals surface area contributed by atoms with Gasteiger partial charge in [0.2, 0.25) is 21.8 Å². The van der Waals surface area contributed by atoms with Crippen LogP contribution in [0.15, 0.2) is 66.7 Å². The Kier molecular flexibility index (Phi) is 11.6. The number of sulfonamides is 1. The Morgan fingerprint density at radius 2 is 1.53 bits per heavy atom. The molecule has 0 heterocycles. The second-order valence-corrected chi connectivity index (χ2v) is 14.3. The first-order chi connectivity index (χ1) is 20.4. The third-order valence-electron chi connectivity index (χ3n) is 7.43. The molecule has 1 aliphatic rings. The van der Waals surface area contributed by atoms with Crippen molar-refractivity contribution in [2.45, 2.75) is 57.2 Å². The molecule has 4 rings (SSSR count). The van der Waals surface area contributed by atoms with Crippen LogP contribution in [0.1, 0.15) is 43.2 Å². The van der Waals surface area contributed by atoms with Crippen LogP contribution in [0.3, 0.4) is 0 Å². The van der Waals surface area contributed by atoms with Crippen LogP contribution < -0.4 is 9.62 Å². The highest BCUT2D eigenvalue weighted by atomic mass is 35.5. The van der Waals surface area contributed by atoms with Gasteiger partial charge >= 0.3 is 0 Å². The van der Waals surface area contributed by atoms with Crippen LogP contribution in [-0.4, -0.2) is 50.0 Å². The van der Waals surface area contributed by atoms with Crippen LogP contribution in [0.2, 0.25) is 20.1 Å². The zero-order valence-electron chi connectivity index (χ0n) is 23.6. The minimum Gasteiger partial charge on any atom is -0.352 e.